The van der Waals surface area contributed by atoms with Gasteiger partial charge in [-0.1, -0.05) is 6.92 Å². The molecule has 0 spiro atoms. The Morgan fingerprint density at radius 1 is 0.939 bits per heavy atom. The fraction of sp³-hybridized carbons (Fsp3) is 0.364. The highest BCUT2D eigenvalue weighted by atomic mass is 32.2. The second kappa shape index (κ2) is 11.4. The molecule has 0 bridgehead atoms. The van der Waals surface area contributed by atoms with Crippen LogP contribution in [0.3, 0.4) is 0 Å². The number of rotatable bonds is 11. The van der Waals surface area contributed by atoms with Crippen LogP contribution in [-0.2, 0) is 14.8 Å². The van der Waals surface area contributed by atoms with Crippen molar-refractivity contribution < 1.29 is 32.2 Å². The Hall–Kier alpha value is -3.47. The van der Waals surface area contributed by atoms with Crippen molar-refractivity contribution in [3.05, 3.63) is 42.0 Å². The highest BCUT2D eigenvalue weighted by Crippen LogP contribution is 2.33. The number of nitrogens with zero attached hydrogens (tertiary/aromatic N) is 2. The summed E-state index contributed by atoms with van der Waals surface area (Å²) in [5, 5.41) is 4.19. The summed E-state index contributed by atoms with van der Waals surface area (Å²) in [5.41, 5.74) is 3.95. The normalized spacial score (nSPS) is 11.5. The smallest absolute Gasteiger partial charge is 0.260 e. The van der Waals surface area contributed by atoms with Gasteiger partial charge in [0.05, 0.1) is 46.1 Å². The fourth-order valence-electron chi connectivity index (χ4n) is 3.03. The van der Waals surface area contributed by atoms with Gasteiger partial charge >= 0.3 is 0 Å². The zero-order valence-corrected chi connectivity index (χ0v) is 20.4. The van der Waals surface area contributed by atoms with E-state index in [0.29, 0.717) is 29.4 Å². The summed E-state index contributed by atoms with van der Waals surface area (Å²) >= 11 is 0. The first-order valence-corrected chi connectivity index (χ1v) is 11.8. The molecule has 0 aliphatic heterocycles. The van der Waals surface area contributed by atoms with Crippen molar-refractivity contribution in [3.8, 4) is 23.0 Å². The maximum Gasteiger partial charge on any atom is 0.260 e. The lowest BCUT2D eigenvalue weighted by atomic mass is 10.1. The highest BCUT2D eigenvalue weighted by molar-refractivity contribution is 7.92. The molecule has 0 radical (unpaired) electrons. The van der Waals surface area contributed by atoms with Crippen molar-refractivity contribution >= 4 is 27.3 Å². The molecule has 0 saturated heterocycles. The van der Waals surface area contributed by atoms with Gasteiger partial charge in [0.15, 0.2) is 11.5 Å². The quantitative estimate of drug-likeness (QED) is 0.389. The number of methoxy groups -OCH3 is 4. The van der Waals surface area contributed by atoms with Crippen LogP contribution in [0.4, 0.5) is 5.69 Å². The molecule has 33 heavy (non-hydrogen) atoms. The van der Waals surface area contributed by atoms with E-state index in [1.165, 1.54) is 40.6 Å². The molecule has 0 aromatic heterocycles. The number of amides is 1. The van der Waals surface area contributed by atoms with Crippen LogP contribution in [0.25, 0.3) is 0 Å². The second-order valence-corrected chi connectivity index (χ2v) is 8.73. The average molecular weight is 480 g/mol. The SMILES string of the molecule is CC/C(=N/NC(=O)CN(c1ccc(OC)cc1OC)S(C)(=O)=O)c1ccc(OC)c(OC)c1. The van der Waals surface area contributed by atoms with Gasteiger partial charge in [-0.05, 0) is 36.8 Å². The fourth-order valence-corrected chi connectivity index (χ4v) is 3.89. The summed E-state index contributed by atoms with van der Waals surface area (Å²) in [7, 11) is 2.15. The second-order valence-electron chi connectivity index (χ2n) is 6.82. The lowest BCUT2D eigenvalue weighted by molar-refractivity contribution is -0.119. The van der Waals surface area contributed by atoms with Crippen LogP contribution in [0.1, 0.15) is 18.9 Å². The molecular weight excluding hydrogens is 450 g/mol. The Bertz CT molecular complexity index is 1120. The third kappa shape index (κ3) is 6.51. The number of benzene rings is 2. The minimum Gasteiger partial charge on any atom is -0.497 e. The number of sulfonamides is 1. The lowest BCUT2D eigenvalue weighted by Gasteiger charge is -2.23. The Morgan fingerprint density at radius 2 is 1.61 bits per heavy atom. The molecule has 11 heteroatoms. The maximum atomic E-state index is 12.6. The number of hydrogen-bond donors (Lipinski definition) is 1. The molecule has 0 fully saturated rings. The van der Waals surface area contributed by atoms with Crippen molar-refractivity contribution in [1.29, 1.82) is 0 Å². The Kier molecular flexibility index (Phi) is 8.92. The van der Waals surface area contributed by atoms with Crippen LogP contribution in [0.15, 0.2) is 41.5 Å². The van der Waals surface area contributed by atoms with E-state index in [-0.39, 0.29) is 11.4 Å². The summed E-state index contributed by atoms with van der Waals surface area (Å²) in [5.74, 6) is 1.20. The highest BCUT2D eigenvalue weighted by Gasteiger charge is 2.24. The molecule has 0 unspecified atom stereocenters. The molecule has 2 rings (SSSR count). The molecule has 2 aromatic rings. The number of ether oxygens (including phenoxy) is 4. The summed E-state index contributed by atoms with van der Waals surface area (Å²) in [6, 6.07) is 9.91. The van der Waals surface area contributed by atoms with Crippen LogP contribution in [0.2, 0.25) is 0 Å². The summed E-state index contributed by atoms with van der Waals surface area (Å²) in [6.45, 7) is 1.39. The Labute approximate surface area is 194 Å². The van der Waals surface area contributed by atoms with Gasteiger partial charge in [-0.15, -0.1) is 0 Å². The number of carbonyl (C=O) groups is 1. The van der Waals surface area contributed by atoms with Crippen LogP contribution >= 0.6 is 0 Å². The molecule has 1 amide bonds. The molecule has 0 heterocycles. The van der Waals surface area contributed by atoms with E-state index in [1.807, 2.05) is 6.92 Å². The van der Waals surface area contributed by atoms with Gasteiger partial charge in [0, 0.05) is 11.6 Å². The number of anilines is 1. The molecule has 2 aromatic carbocycles. The van der Waals surface area contributed by atoms with Crippen molar-refractivity contribution in [2.45, 2.75) is 13.3 Å². The lowest BCUT2D eigenvalue weighted by Crippen LogP contribution is -2.39. The average Bonchev–Trinajstić information content (AvgIpc) is 2.81. The molecule has 0 aliphatic carbocycles. The van der Waals surface area contributed by atoms with Crippen LogP contribution < -0.4 is 28.7 Å². The van der Waals surface area contributed by atoms with E-state index >= 15 is 0 Å². The predicted molar refractivity (Wildman–Crippen MR) is 126 cm³/mol. The third-order valence-electron chi connectivity index (χ3n) is 4.71. The van der Waals surface area contributed by atoms with Gasteiger partial charge < -0.3 is 18.9 Å². The van der Waals surface area contributed by atoms with Gasteiger partial charge in [-0.25, -0.2) is 13.8 Å². The minimum absolute atomic E-state index is 0.204. The first kappa shape index (κ1) is 25.8. The zero-order chi connectivity index (χ0) is 24.6. The maximum absolute atomic E-state index is 12.6. The zero-order valence-electron chi connectivity index (χ0n) is 19.5. The third-order valence-corrected chi connectivity index (χ3v) is 5.84. The Balaban J connectivity index is 2.28. The van der Waals surface area contributed by atoms with E-state index < -0.39 is 22.5 Å². The molecule has 180 valence electrons. The van der Waals surface area contributed by atoms with Crippen molar-refractivity contribution in [2.75, 3.05) is 45.5 Å². The van der Waals surface area contributed by atoms with E-state index in [4.69, 9.17) is 18.9 Å². The molecule has 0 saturated carbocycles. The molecule has 1 N–H and O–H groups in total. The summed E-state index contributed by atoms with van der Waals surface area (Å²) < 4.78 is 46.8. The minimum atomic E-state index is -3.81. The standard InChI is InChI=1S/C22H29N3O7S/c1-7-17(15-8-11-19(30-3)21(12-15)32-5)23-24-22(26)14-25(33(6,27)28)18-10-9-16(29-2)13-20(18)31-4/h8-13H,7,14H2,1-6H3,(H,24,26)/b23-17-. The van der Waals surface area contributed by atoms with Gasteiger partial charge in [-0.3, -0.25) is 9.10 Å². The van der Waals surface area contributed by atoms with Crippen molar-refractivity contribution in [3.63, 3.8) is 0 Å². The van der Waals surface area contributed by atoms with E-state index in [0.717, 1.165) is 16.1 Å². The van der Waals surface area contributed by atoms with Gasteiger partial charge in [0.1, 0.15) is 18.0 Å². The van der Waals surface area contributed by atoms with Crippen LogP contribution in [0, 0.1) is 0 Å². The Morgan fingerprint density at radius 3 is 2.15 bits per heavy atom. The number of carbonyl (C=O) groups excluding carboxylic acids is 1. The summed E-state index contributed by atoms with van der Waals surface area (Å²) in [4.78, 5) is 12.6. The summed E-state index contributed by atoms with van der Waals surface area (Å²) in [6.07, 6.45) is 1.52. The monoisotopic (exact) mass is 479 g/mol. The van der Waals surface area contributed by atoms with Crippen LogP contribution in [0.5, 0.6) is 23.0 Å². The predicted octanol–water partition coefficient (Wildman–Crippen LogP) is 2.42. The van der Waals surface area contributed by atoms with Crippen LogP contribution in [-0.4, -0.2) is 61.3 Å². The largest absolute Gasteiger partial charge is 0.497 e. The van der Waals surface area contributed by atoms with Gasteiger partial charge in [0.25, 0.3) is 5.91 Å². The molecule has 0 aliphatic rings. The van der Waals surface area contributed by atoms with E-state index in [9.17, 15) is 13.2 Å². The van der Waals surface area contributed by atoms with Gasteiger partial charge in [-0.2, -0.15) is 5.10 Å². The van der Waals surface area contributed by atoms with E-state index in [1.54, 1.807) is 24.3 Å². The first-order valence-electron chi connectivity index (χ1n) is 9.96. The number of hydrazone groups is 1. The first-order chi connectivity index (χ1) is 15.7. The van der Waals surface area contributed by atoms with Crippen molar-refractivity contribution in [2.24, 2.45) is 5.10 Å². The molecule has 0 atom stereocenters. The van der Waals surface area contributed by atoms with Crippen molar-refractivity contribution in [1.82, 2.24) is 5.43 Å². The van der Waals surface area contributed by atoms with E-state index in [2.05, 4.69) is 10.5 Å². The number of nitrogens with one attached hydrogen (secondary N) is 1. The molecule has 10 nitrogen and oxygen atoms in total. The molecular formula is C22H29N3O7S. The topological polar surface area (TPSA) is 116 Å². The van der Waals surface area contributed by atoms with Gasteiger partial charge in [0.2, 0.25) is 10.0 Å². The number of hydrogen-bond acceptors (Lipinski definition) is 8.